The highest BCUT2D eigenvalue weighted by atomic mass is 32.2. The molecule has 0 saturated carbocycles. The number of rotatable bonds is 3. The Morgan fingerprint density at radius 3 is 2.53 bits per heavy atom. The van der Waals surface area contributed by atoms with Gasteiger partial charge in [0.05, 0.1) is 0 Å². The normalized spacial score (nSPS) is 25.4. The largest absolute Gasteiger partial charge is 0.366 e. The molecular weight excluding hydrogens is 266 g/mol. The molecule has 0 radical (unpaired) electrons. The van der Waals surface area contributed by atoms with Crippen LogP contribution in [0.5, 0.6) is 0 Å². The van der Waals surface area contributed by atoms with Crippen LogP contribution in [0.4, 0.5) is 0 Å². The Bertz CT molecular complexity index is 586. The fourth-order valence-electron chi connectivity index (χ4n) is 2.40. The highest BCUT2D eigenvalue weighted by molar-refractivity contribution is 7.89. The SMILES string of the molecule is CC1CCCC(C)N1NS(=O)(=O)c1c[nH]ccc1=O. The van der Waals surface area contributed by atoms with Crippen LogP contribution < -0.4 is 10.3 Å². The zero-order chi connectivity index (χ0) is 14.0. The van der Waals surface area contributed by atoms with E-state index in [-0.39, 0.29) is 17.0 Å². The zero-order valence-corrected chi connectivity index (χ0v) is 11.9. The van der Waals surface area contributed by atoms with Crippen LogP contribution in [0, 0.1) is 0 Å². The first-order valence-corrected chi connectivity index (χ1v) is 7.88. The molecule has 0 spiro atoms. The first-order chi connectivity index (χ1) is 8.92. The fraction of sp³-hybridized carbons (Fsp3) is 0.583. The maximum atomic E-state index is 12.2. The van der Waals surface area contributed by atoms with Crippen molar-refractivity contribution in [3.05, 3.63) is 28.7 Å². The molecule has 19 heavy (non-hydrogen) atoms. The van der Waals surface area contributed by atoms with Crippen molar-refractivity contribution >= 4 is 10.0 Å². The first-order valence-electron chi connectivity index (χ1n) is 6.39. The van der Waals surface area contributed by atoms with E-state index in [9.17, 15) is 13.2 Å². The Morgan fingerprint density at radius 2 is 1.95 bits per heavy atom. The number of hydrogen-bond donors (Lipinski definition) is 2. The number of piperidine rings is 1. The Kier molecular flexibility index (Phi) is 4.07. The molecule has 2 N–H and O–H groups in total. The Morgan fingerprint density at radius 1 is 1.32 bits per heavy atom. The van der Waals surface area contributed by atoms with Crippen LogP contribution in [0.1, 0.15) is 33.1 Å². The van der Waals surface area contributed by atoms with Gasteiger partial charge in [-0.25, -0.2) is 13.4 Å². The summed E-state index contributed by atoms with van der Waals surface area (Å²) in [6, 6.07) is 1.46. The van der Waals surface area contributed by atoms with Crippen LogP contribution in [0.2, 0.25) is 0 Å². The van der Waals surface area contributed by atoms with E-state index < -0.39 is 15.5 Å². The topological polar surface area (TPSA) is 82.3 Å². The maximum Gasteiger partial charge on any atom is 0.258 e. The summed E-state index contributed by atoms with van der Waals surface area (Å²) in [5.74, 6) is 0. The second-order valence-corrected chi connectivity index (χ2v) is 6.63. The van der Waals surface area contributed by atoms with E-state index in [1.165, 1.54) is 18.5 Å². The Hall–Kier alpha value is -1.18. The molecule has 7 heteroatoms. The van der Waals surface area contributed by atoms with Crippen molar-refractivity contribution in [2.24, 2.45) is 0 Å². The van der Waals surface area contributed by atoms with Crippen molar-refractivity contribution in [2.75, 3.05) is 0 Å². The Balaban J connectivity index is 2.27. The highest BCUT2D eigenvalue weighted by Crippen LogP contribution is 2.21. The quantitative estimate of drug-likeness (QED) is 0.862. The van der Waals surface area contributed by atoms with E-state index in [4.69, 9.17) is 0 Å². The molecular formula is C12H19N3O3S. The van der Waals surface area contributed by atoms with Crippen molar-refractivity contribution in [2.45, 2.75) is 50.1 Å². The van der Waals surface area contributed by atoms with E-state index in [0.29, 0.717) is 0 Å². The molecule has 1 aliphatic heterocycles. The number of nitrogens with zero attached hydrogens (tertiary/aromatic N) is 1. The minimum Gasteiger partial charge on any atom is -0.366 e. The number of aromatic amines is 1. The van der Waals surface area contributed by atoms with Crippen LogP contribution in [0.3, 0.4) is 0 Å². The molecule has 2 rings (SSSR count). The lowest BCUT2D eigenvalue weighted by Crippen LogP contribution is -2.54. The third-order valence-corrected chi connectivity index (χ3v) is 4.85. The van der Waals surface area contributed by atoms with Crippen LogP contribution in [0.25, 0.3) is 0 Å². The second-order valence-electron chi connectivity index (χ2n) is 5.00. The standard InChI is InChI=1S/C12H19N3O3S/c1-9-4-3-5-10(2)15(9)14-19(17,18)12-8-13-7-6-11(12)16/h6-10,14H,3-5H2,1-2H3,(H,13,16). The van der Waals surface area contributed by atoms with E-state index in [1.54, 1.807) is 5.01 Å². The minimum absolute atomic E-state index is 0.126. The molecule has 2 atom stereocenters. The molecule has 1 aromatic rings. The van der Waals surface area contributed by atoms with Crippen LogP contribution >= 0.6 is 0 Å². The Labute approximate surface area is 112 Å². The van der Waals surface area contributed by atoms with Gasteiger partial charge in [0, 0.05) is 30.5 Å². The fourth-order valence-corrected chi connectivity index (χ4v) is 3.69. The number of hydrogen-bond acceptors (Lipinski definition) is 4. The summed E-state index contributed by atoms with van der Waals surface area (Å²) in [6.45, 7) is 3.96. The summed E-state index contributed by atoms with van der Waals surface area (Å²) in [5, 5.41) is 1.73. The molecule has 2 unspecified atom stereocenters. The van der Waals surface area contributed by atoms with Crippen molar-refractivity contribution in [1.29, 1.82) is 0 Å². The van der Waals surface area contributed by atoms with Crippen molar-refractivity contribution < 1.29 is 8.42 Å². The van der Waals surface area contributed by atoms with Crippen molar-refractivity contribution in [3.63, 3.8) is 0 Å². The molecule has 6 nitrogen and oxygen atoms in total. The third kappa shape index (κ3) is 3.05. The molecule has 1 saturated heterocycles. The summed E-state index contributed by atoms with van der Waals surface area (Å²) >= 11 is 0. The van der Waals surface area contributed by atoms with Gasteiger partial charge in [0.25, 0.3) is 10.0 Å². The van der Waals surface area contributed by atoms with Crippen LogP contribution in [-0.2, 0) is 10.0 Å². The zero-order valence-electron chi connectivity index (χ0n) is 11.1. The van der Waals surface area contributed by atoms with Crippen molar-refractivity contribution in [3.8, 4) is 0 Å². The number of sulfonamides is 1. The highest BCUT2D eigenvalue weighted by Gasteiger charge is 2.30. The summed E-state index contributed by atoms with van der Waals surface area (Å²) in [6.07, 6.45) is 5.60. The molecule has 0 aromatic carbocycles. The van der Waals surface area contributed by atoms with Gasteiger partial charge in [-0.2, -0.15) is 0 Å². The van der Waals surface area contributed by atoms with Gasteiger partial charge in [0.1, 0.15) is 4.90 Å². The number of H-pyrrole nitrogens is 1. The molecule has 0 aliphatic carbocycles. The van der Waals surface area contributed by atoms with E-state index in [0.717, 1.165) is 19.3 Å². The average molecular weight is 285 g/mol. The molecule has 1 fully saturated rings. The van der Waals surface area contributed by atoms with Gasteiger partial charge in [0.2, 0.25) is 5.43 Å². The molecule has 0 bridgehead atoms. The lowest BCUT2D eigenvalue weighted by atomic mass is 10.0. The molecule has 106 valence electrons. The smallest absolute Gasteiger partial charge is 0.258 e. The third-order valence-electron chi connectivity index (χ3n) is 3.50. The second kappa shape index (κ2) is 5.44. The predicted molar refractivity (Wildman–Crippen MR) is 72.0 cm³/mol. The summed E-state index contributed by atoms with van der Waals surface area (Å²) in [4.78, 5) is 16.5. The molecule has 0 amide bonds. The van der Waals surface area contributed by atoms with Crippen molar-refractivity contribution in [1.82, 2.24) is 14.8 Å². The first kappa shape index (κ1) is 14.2. The lowest BCUT2D eigenvalue weighted by molar-refractivity contribution is 0.0790. The van der Waals surface area contributed by atoms with Gasteiger partial charge in [-0.1, -0.05) is 6.42 Å². The molecule has 1 aromatic heterocycles. The van der Waals surface area contributed by atoms with Gasteiger partial charge < -0.3 is 4.98 Å². The summed E-state index contributed by atoms with van der Waals surface area (Å²) in [7, 11) is -3.82. The average Bonchev–Trinajstić information content (AvgIpc) is 2.34. The van der Waals surface area contributed by atoms with Gasteiger partial charge in [-0.3, -0.25) is 4.79 Å². The number of hydrazine groups is 1. The van der Waals surface area contributed by atoms with Gasteiger partial charge in [-0.15, -0.1) is 4.83 Å². The van der Waals surface area contributed by atoms with E-state index >= 15 is 0 Å². The van der Waals surface area contributed by atoms with Crippen LogP contribution in [-0.4, -0.2) is 30.5 Å². The predicted octanol–water partition coefficient (Wildman–Crippen LogP) is 0.831. The number of aromatic nitrogens is 1. The maximum absolute atomic E-state index is 12.2. The lowest BCUT2D eigenvalue weighted by Gasteiger charge is -2.38. The van der Waals surface area contributed by atoms with E-state index in [1.807, 2.05) is 13.8 Å². The van der Waals surface area contributed by atoms with Gasteiger partial charge in [-0.05, 0) is 26.7 Å². The summed E-state index contributed by atoms with van der Waals surface area (Å²) < 4.78 is 24.5. The number of pyridine rings is 1. The number of nitrogens with one attached hydrogen (secondary N) is 2. The minimum atomic E-state index is -3.82. The van der Waals surface area contributed by atoms with Gasteiger partial charge in [0.15, 0.2) is 0 Å². The summed E-state index contributed by atoms with van der Waals surface area (Å²) in [5.41, 5.74) is -0.511. The molecule has 2 heterocycles. The molecule has 1 aliphatic rings. The van der Waals surface area contributed by atoms with Gasteiger partial charge >= 0.3 is 0 Å². The van der Waals surface area contributed by atoms with E-state index in [2.05, 4.69) is 9.82 Å². The van der Waals surface area contributed by atoms with Crippen LogP contribution in [0.15, 0.2) is 28.2 Å². The monoisotopic (exact) mass is 285 g/mol.